The number of benzene rings is 3. The third kappa shape index (κ3) is 4.38. The molecule has 0 radical (unpaired) electrons. The Balaban J connectivity index is 1.70. The molecular weight excluding hydrogens is 361 g/mol. The average Bonchev–Trinajstić information content (AvgIpc) is 2.71. The van der Waals surface area contributed by atoms with Gasteiger partial charge in [-0.3, -0.25) is 0 Å². The molecule has 0 aliphatic rings. The van der Waals surface area contributed by atoms with Crippen LogP contribution in [0.25, 0.3) is 11.1 Å². The zero-order chi connectivity index (χ0) is 20.1. The first-order valence-corrected chi connectivity index (χ1v) is 9.50. The summed E-state index contributed by atoms with van der Waals surface area (Å²) in [5.41, 5.74) is 2.73. The highest BCUT2D eigenvalue weighted by molar-refractivity contribution is 5.65. The van der Waals surface area contributed by atoms with E-state index in [9.17, 15) is 13.2 Å². The molecule has 0 aromatic heterocycles. The van der Waals surface area contributed by atoms with Crippen LogP contribution in [0.5, 0.6) is 5.75 Å². The summed E-state index contributed by atoms with van der Waals surface area (Å²) in [4.78, 5) is 0. The molecule has 0 heterocycles. The van der Waals surface area contributed by atoms with Crippen molar-refractivity contribution in [1.82, 2.24) is 0 Å². The second-order valence-corrected chi connectivity index (χ2v) is 6.74. The highest BCUT2D eigenvalue weighted by atomic mass is 19.2. The lowest BCUT2D eigenvalue weighted by atomic mass is 10.0. The van der Waals surface area contributed by atoms with Gasteiger partial charge in [-0.15, -0.1) is 0 Å². The van der Waals surface area contributed by atoms with E-state index < -0.39 is 11.6 Å². The minimum atomic E-state index is -0.828. The molecule has 0 fully saturated rings. The molecule has 0 bridgehead atoms. The van der Waals surface area contributed by atoms with Crippen molar-refractivity contribution in [3.05, 3.63) is 88.7 Å². The topological polar surface area (TPSA) is 9.23 Å². The molecule has 0 atom stereocenters. The van der Waals surface area contributed by atoms with Crippen LogP contribution in [0.3, 0.4) is 0 Å². The Morgan fingerprint density at radius 1 is 0.786 bits per heavy atom. The van der Waals surface area contributed by atoms with Crippen molar-refractivity contribution in [3.63, 3.8) is 0 Å². The van der Waals surface area contributed by atoms with E-state index in [0.29, 0.717) is 35.3 Å². The van der Waals surface area contributed by atoms with Crippen molar-refractivity contribution in [1.29, 1.82) is 0 Å². The van der Waals surface area contributed by atoms with Gasteiger partial charge in [0.15, 0.2) is 11.6 Å². The zero-order valence-electron chi connectivity index (χ0n) is 16.1. The molecule has 0 aliphatic carbocycles. The second-order valence-electron chi connectivity index (χ2n) is 6.74. The van der Waals surface area contributed by atoms with Gasteiger partial charge in [-0.25, -0.2) is 13.2 Å². The minimum Gasteiger partial charge on any atom is -0.489 e. The predicted molar refractivity (Wildman–Crippen MR) is 106 cm³/mol. The Labute approximate surface area is 163 Å². The van der Waals surface area contributed by atoms with Gasteiger partial charge < -0.3 is 4.74 Å². The Morgan fingerprint density at radius 2 is 1.50 bits per heavy atom. The molecule has 4 heteroatoms. The number of rotatable bonds is 7. The number of aryl methyl sites for hydroxylation is 2. The van der Waals surface area contributed by atoms with Gasteiger partial charge in [0, 0.05) is 11.6 Å². The summed E-state index contributed by atoms with van der Waals surface area (Å²) in [5.74, 6) is -1.42. The van der Waals surface area contributed by atoms with Crippen LogP contribution in [0.4, 0.5) is 13.2 Å². The Hall–Kier alpha value is -2.75. The predicted octanol–water partition coefficient (Wildman–Crippen LogP) is 6.86. The van der Waals surface area contributed by atoms with Crippen molar-refractivity contribution in [2.45, 2.75) is 39.7 Å². The van der Waals surface area contributed by atoms with E-state index in [-0.39, 0.29) is 18.0 Å². The lowest BCUT2D eigenvalue weighted by Gasteiger charge is -2.10. The summed E-state index contributed by atoms with van der Waals surface area (Å²) in [6.45, 7) is 4.06. The Morgan fingerprint density at radius 3 is 2.14 bits per heavy atom. The van der Waals surface area contributed by atoms with Crippen molar-refractivity contribution in [3.8, 4) is 16.9 Å². The van der Waals surface area contributed by atoms with Gasteiger partial charge in [0.1, 0.15) is 18.2 Å². The maximum atomic E-state index is 14.3. The smallest absolute Gasteiger partial charge is 0.166 e. The largest absolute Gasteiger partial charge is 0.489 e. The van der Waals surface area contributed by atoms with E-state index in [1.54, 1.807) is 55.5 Å². The summed E-state index contributed by atoms with van der Waals surface area (Å²) in [6, 6.07) is 15.2. The molecule has 0 aliphatic heterocycles. The fourth-order valence-electron chi connectivity index (χ4n) is 3.12. The SMILES string of the molecule is CCCc1ccc(OCc2ccc(-c3ccc(CC)c(F)c3F)cc2)cc1F. The summed E-state index contributed by atoms with van der Waals surface area (Å²) in [6.07, 6.45) is 2.03. The quantitative estimate of drug-likeness (QED) is 0.432. The minimum absolute atomic E-state index is 0.232. The van der Waals surface area contributed by atoms with E-state index in [1.165, 1.54) is 6.07 Å². The first-order valence-electron chi connectivity index (χ1n) is 9.50. The van der Waals surface area contributed by atoms with Crippen molar-refractivity contribution in [2.24, 2.45) is 0 Å². The summed E-state index contributed by atoms with van der Waals surface area (Å²) < 4.78 is 47.9. The summed E-state index contributed by atoms with van der Waals surface area (Å²) >= 11 is 0. The summed E-state index contributed by atoms with van der Waals surface area (Å²) in [7, 11) is 0. The molecule has 0 saturated carbocycles. The van der Waals surface area contributed by atoms with E-state index in [2.05, 4.69) is 0 Å². The third-order valence-electron chi connectivity index (χ3n) is 4.76. The van der Waals surface area contributed by atoms with Gasteiger partial charge in [-0.05, 0) is 41.2 Å². The van der Waals surface area contributed by atoms with Gasteiger partial charge >= 0.3 is 0 Å². The van der Waals surface area contributed by atoms with Crippen LogP contribution in [-0.4, -0.2) is 0 Å². The first-order chi connectivity index (χ1) is 13.5. The van der Waals surface area contributed by atoms with Gasteiger partial charge in [-0.1, -0.05) is 62.7 Å². The second kappa shape index (κ2) is 8.96. The number of halogens is 3. The lowest BCUT2D eigenvalue weighted by Crippen LogP contribution is -1.98. The molecule has 0 amide bonds. The Bertz CT molecular complexity index is 949. The number of ether oxygens (including phenoxy) is 1. The van der Waals surface area contributed by atoms with Gasteiger partial charge in [0.05, 0.1) is 0 Å². The summed E-state index contributed by atoms with van der Waals surface area (Å²) in [5, 5.41) is 0. The maximum absolute atomic E-state index is 14.3. The van der Waals surface area contributed by atoms with Crippen LogP contribution in [0.1, 0.15) is 37.0 Å². The number of hydrogen-bond donors (Lipinski definition) is 0. The maximum Gasteiger partial charge on any atom is 0.166 e. The first kappa shape index (κ1) is 20.0. The van der Waals surface area contributed by atoms with Crippen LogP contribution in [-0.2, 0) is 19.4 Å². The van der Waals surface area contributed by atoms with E-state index in [1.807, 2.05) is 6.92 Å². The molecule has 3 aromatic rings. The molecule has 0 N–H and O–H groups in total. The van der Waals surface area contributed by atoms with Crippen molar-refractivity contribution < 1.29 is 17.9 Å². The highest BCUT2D eigenvalue weighted by Gasteiger charge is 2.13. The van der Waals surface area contributed by atoms with Crippen LogP contribution in [0.15, 0.2) is 54.6 Å². The van der Waals surface area contributed by atoms with Gasteiger partial charge in [0.25, 0.3) is 0 Å². The van der Waals surface area contributed by atoms with E-state index in [4.69, 9.17) is 4.74 Å². The number of hydrogen-bond acceptors (Lipinski definition) is 1. The Kier molecular flexibility index (Phi) is 6.40. The zero-order valence-corrected chi connectivity index (χ0v) is 16.1. The molecule has 0 saturated heterocycles. The van der Waals surface area contributed by atoms with E-state index in [0.717, 1.165) is 12.0 Å². The lowest BCUT2D eigenvalue weighted by molar-refractivity contribution is 0.304. The van der Waals surface area contributed by atoms with E-state index >= 15 is 0 Å². The van der Waals surface area contributed by atoms with Crippen LogP contribution < -0.4 is 4.74 Å². The third-order valence-corrected chi connectivity index (χ3v) is 4.76. The molecular formula is C24H23F3O. The molecule has 1 nitrogen and oxygen atoms in total. The van der Waals surface area contributed by atoms with Crippen LogP contribution in [0, 0.1) is 17.5 Å². The van der Waals surface area contributed by atoms with Gasteiger partial charge in [-0.2, -0.15) is 0 Å². The highest BCUT2D eigenvalue weighted by Crippen LogP contribution is 2.27. The standard InChI is InChI=1S/C24H23F3O/c1-3-5-19-10-12-20(14-22(19)25)28-15-16-6-8-18(9-7-16)21-13-11-17(4-2)23(26)24(21)27/h6-14H,3-5,15H2,1-2H3. The molecule has 28 heavy (non-hydrogen) atoms. The molecule has 0 spiro atoms. The van der Waals surface area contributed by atoms with Gasteiger partial charge in [0.2, 0.25) is 0 Å². The average molecular weight is 384 g/mol. The van der Waals surface area contributed by atoms with Crippen LogP contribution >= 0.6 is 0 Å². The monoisotopic (exact) mass is 384 g/mol. The van der Waals surface area contributed by atoms with Crippen LogP contribution in [0.2, 0.25) is 0 Å². The normalized spacial score (nSPS) is 10.9. The fourth-order valence-corrected chi connectivity index (χ4v) is 3.12. The molecule has 0 unspecified atom stereocenters. The fraction of sp³-hybridized carbons (Fsp3) is 0.250. The molecule has 3 aromatic carbocycles. The molecule has 3 rings (SSSR count). The molecule has 146 valence electrons. The van der Waals surface area contributed by atoms with Crippen molar-refractivity contribution >= 4 is 0 Å². The van der Waals surface area contributed by atoms with Crippen molar-refractivity contribution in [2.75, 3.05) is 0 Å².